The number of esters is 1. The van der Waals surface area contributed by atoms with Gasteiger partial charge in [0.15, 0.2) is 17.6 Å². The number of aryl methyl sites for hydroxylation is 2. The van der Waals surface area contributed by atoms with Gasteiger partial charge in [-0.2, -0.15) is 0 Å². The quantitative estimate of drug-likeness (QED) is 0.622. The van der Waals surface area contributed by atoms with E-state index in [4.69, 9.17) is 14.2 Å². The maximum atomic E-state index is 12.8. The summed E-state index contributed by atoms with van der Waals surface area (Å²) in [5, 5.41) is 2.73. The third-order valence-corrected chi connectivity index (χ3v) is 5.24. The van der Waals surface area contributed by atoms with E-state index in [0.29, 0.717) is 22.7 Å². The number of rotatable bonds is 5. The van der Waals surface area contributed by atoms with Crippen LogP contribution in [0.25, 0.3) is 5.69 Å². The first kappa shape index (κ1) is 20.5. The van der Waals surface area contributed by atoms with E-state index in [1.54, 1.807) is 31.2 Å². The van der Waals surface area contributed by atoms with Gasteiger partial charge in [-0.3, -0.25) is 4.79 Å². The molecule has 1 N–H and O–H groups in total. The van der Waals surface area contributed by atoms with Crippen molar-refractivity contribution in [3.63, 3.8) is 0 Å². The average Bonchev–Trinajstić information content (AvgIpc) is 3.32. The minimum Gasteiger partial charge on any atom is -0.454 e. The molecule has 1 aromatic heterocycles. The average molecular weight is 420 g/mol. The molecule has 0 saturated carbocycles. The Labute approximate surface area is 180 Å². The number of aromatic nitrogens is 1. The fraction of sp³-hybridized carbons (Fsp3) is 0.250. The molecule has 0 unspecified atom stereocenters. The highest BCUT2D eigenvalue weighted by atomic mass is 16.7. The molecule has 0 bridgehead atoms. The number of nitrogens with one attached hydrogen (secondary N) is 1. The van der Waals surface area contributed by atoms with Gasteiger partial charge in [-0.15, -0.1) is 0 Å². The van der Waals surface area contributed by atoms with Crippen LogP contribution in [0.15, 0.2) is 48.5 Å². The van der Waals surface area contributed by atoms with Crippen molar-refractivity contribution in [1.82, 2.24) is 4.57 Å². The van der Waals surface area contributed by atoms with Crippen molar-refractivity contribution in [3.8, 4) is 17.2 Å². The van der Waals surface area contributed by atoms with Crippen molar-refractivity contribution < 1.29 is 23.8 Å². The van der Waals surface area contributed by atoms with Gasteiger partial charge in [-0.25, -0.2) is 4.79 Å². The maximum Gasteiger partial charge on any atom is 0.340 e. The van der Waals surface area contributed by atoms with Crippen LogP contribution in [-0.2, 0) is 9.53 Å². The molecule has 0 spiro atoms. The van der Waals surface area contributed by atoms with E-state index in [0.717, 1.165) is 22.6 Å². The minimum atomic E-state index is -0.972. The Hall–Kier alpha value is -3.74. The van der Waals surface area contributed by atoms with E-state index < -0.39 is 18.0 Å². The molecule has 2 aromatic carbocycles. The smallest absolute Gasteiger partial charge is 0.340 e. The summed E-state index contributed by atoms with van der Waals surface area (Å²) in [5.41, 5.74) is 4.76. The predicted octanol–water partition coefficient (Wildman–Crippen LogP) is 4.32. The van der Waals surface area contributed by atoms with Crippen LogP contribution in [0.2, 0.25) is 0 Å². The standard InChI is InChI=1S/C24H24N2O5/c1-14-5-8-19(9-6-14)26-15(2)11-20(16(26)3)24(28)31-17(4)23(27)25-18-7-10-21-22(12-18)30-13-29-21/h5-12,17H,13H2,1-4H3,(H,25,27)/t17-/m1/s1. The highest BCUT2D eigenvalue weighted by molar-refractivity contribution is 5.98. The number of anilines is 1. The van der Waals surface area contributed by atoms with Crippen LogP contribution < -0.4 is 14.8 Å². The molecule has 0 fully saturated rings. The van der Waals surface area contributed by atoms with Crippen molar-refractivity contribution >= 4 is 17.6 Å². The molecule has 7 heteroatoms. The normalized spacial score (nSPS) is 13.0. The van der Waals surface area contributed by atoms with Gasteiger partial charge in [-0.1, -0.05) is 17.7 Å². The molecule has 160 valence electrons. The molecule has 0 radical (unpaired) electrons. The predicted molar refractivity (Wildman–Crippen MR) is 116 cm³/mol. The van der Waals surface area contributed by atoms with Gasteiger partial charge in [0.25, 0.3) is 5.91 Å². The van der Waals surface area contributed by atoms with Gasteiger partial charge < -0.3 is 24.1 Å². The first-order valence-electron chi connectivity index (χ1n) is 10.0. The lowest BCUT2D eigenvalue weighted by molar-refractivity contribution is -0.123. The van der Waals surface area contributed by atoms with Crippen LogP contribution in [0.4, 0.5) is 5.69 Å². The number of fused-ring (bicyclic) bond motifs is 1. The van der Waals surface area contributed by atoms with E-state index >= 15 is 0 Å². The molecule has 7 nitrogen and oxygen atoms in total. The number of nitrogens with zero attached hydrogens (tertiary/aromatic N) is 1. The number of hydrogen-bond acceptors (Lipinski definition) is 5. The highest BCUT2D eigenvalue weighted by Crippen LogP contribution is 2.34. The fourth-order valence-electron chi connectivity index (χ4n) is 3.56. The lowest BCUT2D eigenvalue weighted by atomic mass is 10.2. The van der Waals surface area contributed by atoms with E-state index in [2.05, 4.69) is 5.32 Å². The Balaban J connectivity index is 1.46. The molecule has 4 rings (SSSR count). The molecule has 0 aliphatic carbocycles. The zero-order valence-corrected chi connectivity index (χ0v) is 17.9. The Kier molecular flexibility index (Phi) is 5.42. The zero-order chi connectivity index (χ0) is 22.1. The summed E-state index contributed by atoms with van der Waals surface area (Å²) in [4.78, 5) is 25.3. The van der Waals surface area contributed by atoms with E-state index in [-0.39, 0.29) is 6.79 Å². The first-order chi connectivity index (χ1) is 14.8. The second-order valence-electron chi connectivity index (χ2n) is 7.56. The third-order valence-electron chi connectivity index (χ3n) is 5.24. The van der Waals surface area contributed by atoms with Crippen molar-refractivity contribution in [2.24, 2.45) is 0 Å². The Bertz CT molecular complexity index is 1150. The van der Waals surface area contributed by atoms with Crippen LogP contribution >= 0.6 is 0 Å². The van der Waals surface area contributed by atoms with Gasteiger partial charge >= 0.3 is 5.97 Å². The summed E-state index contributed by atoms with van der Waals surface area (Å²) in [6.45, 7) is 7.51. The summed E-state index contributed by atoms with van der Waals surface area (Å²) in [6.07, 6.45) is -0.972. The molecule has 1 amide bonds. The van der Waals surface area contributed by atoms with Gasteiger partial charge in [0.2, 0.25) is 6.79 Å². The van der Waals surface area contributed by atoms with Crippen LogP contribution in [0.1, 0.15) is 34.2 Å². The Morgan fingerprint density at radius 3 is 2.45 bits per heavy atom. The summed E-state index contributed by atoms with van der Waals surface area (Å²) < 4.78 is 18.0. The second-order valence-corrected chi connectivity index (χ2v) is 7.56. The van der Waals surface area contributed by atoms with Gasteiger partial charge in [-0.05, 0) is 58.0 Å². The van der Waals surface area contributed by atoms with Crippen molar-refractivity contribution in [3.05, 3.63) is 71.0 Å². The van der Waals surface area contributed by atoms with Gasteiger partial charge in [0, 0.05) is 28.8 Å². The number of carbonyl (C=O) groups excluding carboxylic acids is 2. The lowest BCUT2D eigenvalue weighted by Crippen LogP contribution is -2.30. The van der Waals surface area contributed by atoms with Gasteiger partial charge in [0.05, 0.1) is 5.56 Å². The SMILES string of the molecule is Cc1ccc(-n2c(C)cc(C(=O)O[C@H](C)C(=O)Nc3ccc4c(c3)OCO4)c2C)cc1. The third kappa shape index (κ3) is 4.12. The summed E-state index contributed by atoms with van der Waals surface area (Å²) in [6, 6.07) is 14.9. The minimum absolute atomic E-state index is 0.155. The molecular formula is C24H24N2O5. The lowest BCUT2D eigenvalue weighted by Gasteiger charge is -2.14. The van der Waals surface area contributed by atoms with Crippen LogP contribution in [0, 0.1) is 20.8 Å². The summed E-state index contributed by atoms with van der Waals surface area (Å²) in [5.74, 6) is 0.215. The summed E-state index contributed by atoms with van der Waals surface area (Å²) >= 11 is 0. The van der Waals surface area contributed by atoms with Crippen LogP contribution in [0.3, 0.4) is 0 Å². The van der Waals surface area contributed by atoms with E-state index in [1.165, 1.54) is 0 Å². The van der Waals surface area contributed by atoms with Gasteiger partial charge in [0.1, 0.15) is 0 Å². The number of amides is 1. The van der Waals surface area contributed by atoms with Crippen molar-refractivity contribution in [2.45, 2.75) is 33.8 Å². The molecule has 1 aliphatic rings. The second kappa shape index (κ2) is 8.18. The molecule has 31 heavy (non-hydrogen) atoms. The molecule has 0 saturated heterocycles. The van der Waals surface area contributed by atoms with Crippen LogP contribution in [0.5, 0.6) is 11.5 Å². The molecule has 1 atom stereocenters. The first-order valence-corrected chi connectivity index (χ1v) is 10.0. The molecule has 2 heterocycles. The Morgan fingerprint density at radius 1 is 1.00 bits per heavy atom. The van der Waals surface area contributed by atoms with E-state index in [9.17, 15) is 9.59 Å². The molecule has 3 aromatic rings. The maximum absolute atomic E-state index is 12.8. The number of hydrogen-bond donors (Lipinski definition) is 1. The topological polar surface area (TPSA) is 78.8 Å². The largest absolute Gasteiger partial charge is 0.454 e. The van der Waals surface area contributed by atoms with Crippen LogP contribution in [-0.4, -0.2) is 29.3 Å². The highest BCUT2D eigenvalue weighted by Gasteiger charge is 2.24. The fourth-order valence-corrected chi connectivity index (χ4v) is 3.56. The van der Waals surface area contributed by atoms with Crippen molar-refractivity contribution in [1.29, 1.82) is 0 Å². The monoisotopic (exact) mass is 420 g/mol. The van der Waals surface area contributed by atoms with E-state index in [1.807, 2.05) is 49.6 Å². The zero-order valence-electron chi connectivity index (χ0n) is 17.9. The number of benzene rings is 2. The Morgan fingerprint density at radius 2 is 1.71 bits per heavy atom. The molecular weight excluding hydrogens is 396 g/mol. The molecule has 1 aliphatic heterocycles. The summed E-state index contributed by atoms with van der Waals surface area (Å²) in [7, 11) is 0. The van der Waals surface area contributed by atoms with Crippen molar-refractivity contribution in [2.75, 3.05) is 12.1 Å². The number of ether oxygens (including phenoxy) is 3. The number of carbonyl (C=O) groups is 2.